The Balaban J connectivity index is 1.96. The number of aryl methyl sites for hydroxylation is 1. The number of amides is 1. The van der Waals surface area contributed by atoms with Gasteiger partial charge in [0.25, 0.3) is 0 Å². The van der Waals surface area contributed by atoms with Crippen molar-refractivity contribution in [3.63, 3.8) is 0 Å². The number of carbonyl (C=O) groups is 1. The van der Waals surface area contributed by atoms with E-state index in [4.69, 9.17) is 0 Å². The number of halogens is 1. The molecule has 2 N–H and O–H groups in total. The molecular formula is C20H16FN5O. The summed E-state index contributed by atoms with van der Waals surface area (Å²) >= 11 is 0. The number of pyridine rings is 3. The Morgan fingerprint density at radius 1 is 1.15 bits per heavy atom. The zero-order chi connectivity index (χ0) is 19.0. The minimum absolute atomic E-state index is 0.208. The second-order valence-electron chi connectivity index (χ2n) is 6.24. The van der Waals surface area contributed by atoms with Crippen LogP contribution in [0.15, 0.2) is 48.8 Å². The topological polar surface area (TPSA) is 83.6 Å². The lowest BCUT2D eigenvalue weighted by Crippen LogP contribution is -2.07. The number of nitrogens with zero attached hydrogens (tertiary/aromatic N) is 3. The fraction of sp³-hybridized carbons (Fsp3) is 0.100. The van der Waals surface area contributed by atoms with Gasteiger partial charge < -0.3 is 10.3 Å². The summed E-state index contributed by atoms with van der Waals surface area (Å²) in [5.41, 5.74) is 5.11. The number of anilines is 1. The summed E-state index contributed by atoms with van der Waals surface area (Å²) in [6, 6.07) is 10.3. The normalized spacial score (nSPS) is 10.9. The summed E-state index contributed by atoms with van der Waals surface area (Å²) in [7, 11) is 0. The molecule has 0 aromatic carbocycles. The largest absolute Gasteiger partial charge is 0.353 e. The number of rotatable bonds is 3. The fourth-order valence-electron chi connectivity index (χ4n) is 2.96. The van der Waals surface area contributed by atoms with Crippen molar-refractivity contribution in [1.29, 1.82) is 0 Å². The monoisotopic (exact) mass is 361 g/mol. The molecule has 0 fully saturated rings. The van der Waals surface area contributed by atoms with E-state index in [0.29, 0.717) is 28.1 Å². The molecule has 0 aliphatic heterocycles. The van der Waals surface area contributed by atoms with Gasteiger partial charge in [-0.3, -0.25) is 9.78 Å². The molecule has 7 heteroatoms. The summed E-state index contributed by atoms with van der Waals surface area (Å²) in [6.07, 6.45) is 3.36. The number of hydrogen-bond donors (Lipinski definition) is 2. The number of aromatic nitrogens is 4. The lowest BCUT2D eigenvalue weighted by molar-refractivity contribution is -0.114. The standard InChI is InChI=1S/C20H16FN5O/c1-11-3-4-14(23-10-11)18-19(25-15-5-6-16(21)26-20(15)18)13-7-8-22-17(9-13)24-12(2)27/h3-10,25H,1-2H3,(H,22,24,27). The summed E-state index contributed by atoms with van der Waals surface area (Å²) in [6.45, 7) is 3.37. The van der Waals surface area contributed by atoms with Gasteiger partial charge in [0.2, 0.25) is 11.9 Å². The first kappa shape index (κ1) is 16.8. The van der Waals surface area contributed by atoms with Crippen molar-refractivity contribution in [3.05, 3.63) is 60.3 Å². The predicted octanol–water partition coefficient (Wildman–Crippen LogP) is 4.09. The highest BCUT2D eigenvalue weighted by molar-refractivity contribution is 6.01. The Kier molecular flexibility index (Phi) is 4.12. The summed E-state index contributed by atoms with van der Waals surface area (Å²) < 4.78 is 13.8. The van der Waals surface area contributed by atoms with Gasteiger partial charge in [-0.1, -0.05) is 6.07 Å². The molecule has 0 spiro atoms. The van der Waals surface area contributed by atoms with Crippen LogP contribution in [0.3, 0.4) is 0 Å². The van der Waals surface area contributed by atoms with E-state index in [0.717, 1.165) is 16.8 Å². The van der Waals surface area contributed by atoms with Crippen molar-refractivity contribution < 1.29 is 9.18 Å². The van der Waals surface area contributed by atoms with E-state index < -0.39 is 5.95 Å². The Hall–Kier alpha value is -3.61. The van der Waals surface area contributed by atoms with Crippen LogP contribution < -0.4 is 5.32 Å². The Labute approximate surface area is 154 Å². The number of fused-ring (bicyclic) bond motifs is 1. The van der Waals surface area contributed by atoms with Crippen LogP contribution in [0.5, 0.6) is 0 Å². The van der Waals surface area contributed by atoms with E-state index in [9.17, 15) is 9.18 Å². The van der Waals surface area contributed by atoms with Gasteiger partial charge in [-0.15, -0.1) is 0 Å². The van der Waals surface area contributed by atoms with Crippen molar-refractivity contribution in [1.82, 2.24) is 19.9 Å². The Morgan fingerprint density at radius 2 is 2.00 bits per heavy atom. The van der Waals surface area contributed by atoms with Crippen LogP contribution in [0.4, 0.5) is 10.2 Å². The van der Waals surface area contributed by atoms with Crippen LogP contribution in [-0.4, -0.2) is 25.8 Å². The van der Waals surface area contributed by atoms with Crippen molar-refractivity contribution in [2.24, 2.45) is 0 Å². The van der Waals surface area contributed by atoms with Crippen LogP contribution in [0.25, 0.3) is 33.5 Å². The van der Waals surface area contributed by atoms with Gasteiger partial charge in [0.15, 0.2) is 0 Å². The van der Waals surface area contributed by atoms with Gasteiger partial charge >= 0.3 is 0 Å². The highest BCUT2D eigenvalue weighted by Crippen LogP contribution is 2.37. The summed E-state index contributed by atoms with van der Waals surface area (Å²) in [5.74, 6) is -0.337. The van der Waals surface area contributed by atoms with Crippen molar-refractivity contribution in [3.8, 4) is 22.5 Å². The SMILES string of the molecule is CC(=O)Nc1cc(-c2[nH]c3ccc(F)nc3c2-c2ccc(C)cn2)ccn1. The third-order valence-corrected chi connectivity index (χ3v) is 4.13. The minimum Gasteiger partial charge on any atom is -0.353 e. The second-order valence-corrected chi connectivity index (χ2v) is 6.24. The van der Waals surface area contributed by atoms with Crippen LogP contribution in [-0.2, 0) is 4.79 Å². The maximum Gasteiger partial charge on any atom is 0.222 e. The van der Waals surface area contributed by atoms with Gasteiger partial charge in [-0.2, -0.15) is 4.39 Å². The third kappa shape index (κ3) is 3.27. The highest BCUT2D eigenvalue weighted by atomic mass is 19.1. The molecule has 0 aliphatic carbocycles. The lowest BCUT2D eigenvalue weighted by Gasteiger charge is -2.07. The molecule has 4 heterocycles. The van der Waals surface area contributed by atoms with E-state index >= 15 is 0 Å². The quantitative estimate of drug-likeness (QED) is 0.538. The fourth-order valence-corrected chi connectivity index (χ4v) is 2.96. The number of hydrogen-bond acceptors (Lipinski definition) is 4. The average Bonchev–Trinajstić information content (AvgIpc) is 3.01. The number of carbonyl (C=O) groups excluding carboxylic acids is 1. The molecule has 0 bridgehead atoms. The second kappa shape index (κ2) is 6.60. The van der Waals surface area contributed by atoms with Gasteiger partial charge in [0.05, 0.1) is 22.5 Å². The molecule has 0 saturated heterocycles. The molecule has 6 nitrogen and oxygen atoms in total. The molecule has 0 unspecified atom stereocenters. The molecule has 0 saturated carbocycles. The average molecular weight is 361 g/mol. The molecule has 0 aliphatic rings. The first-order chi connectivity index (χ1) is 13.0. The van der Waals surface area contributed by atoms with E-state index in [1.807, 2.05) is 25.1 Å². The van der Waals surface area contributed by atoms with Crippen LogP contribution in [0, 0.1) is 12.9 Å². The maximum atomic E-state index is 13.8. The van der Waals surface area contributed by atoms with Crippen LogP contribution in [0.1, 0.15) is 12.5 Å². The molecule has 27 heavy (non-hydrogen) atoms. The van der Waals surface area contributed by atoms with Crippen LogP contribution >= 0.6 is 0 Å². The van der Waals surface area contributed by atoms with E-state index in [1.54, 1.807) is 24.5 Å². The van der Waals surface area contributed by atoms with E-state index in [-0.39, 0.29) is 5.91 Å². The maximum absolute atomic E-state index is 13.8. The smallest absolute Gasteiger partial charge is 0.222 e. The molecule has 134 valence electrons. The minimum atomic E-state index is -0.560. The zero-order valence-corrected chi connectivity index (χ0v) is 14.7. The van der Waals surface area contributed by atoms with E-state index in [1.165, 1.54) is 13.0 Å². The first-order valence-corrected chi connectivity index (χ1v) is 8.36. The van der Waals surface area contributed by atoms with Crippen molar-refractivity contribution in [2.45, 2.75) is 13.8 Å². The van der Waals surface area contributed by atoms with Gasteiger partial charge in [-0.05, 0) is 42.8 Å². The van der Waals surface area contributed by atoms with Gasteiger partial charge in [-0.25, -0.2) is 9.97 Å². The van der Waals surface area contributed by atoms with Crippen molar-refractivity contribution in [2.75, 3.05) is 5.32 Å². The third-order valence-electron chi connectivity index (χ3n) is 4.13. The molecule has 4 rings (SSSR count). The first-order valence-electron chi connectivity index (χ1n) is 8.36. The van der Waals surface area contributed by atoms with Gasteiger partial charge in [0.1, 0.15) is 11.3 Å². The Morgan fingerprint density at radius 3 is 2.74 bits per heavy atom. The van der Waals surface area contributed by atoms with E-state index in [2.05, 4.69) is 25.3 Å². The number of nitrogens with one attached hydrogen (secondary N) is 2. The molecule has 4 aromatic rings. The lowest BCUT2D eigenvalue weighted by atomic mass is 10.0. The Bertz CT molecular complexity index is 1150. The van der Waals surface area contributed by atoms with Crippen molar-refractivity contribution >= 4 is 22.8 Å². The molecule has 1 amide bonds. The van der Waals surface area contributed by atoms with Gasteiger partial charge in [0, 0.05) is 24.9 Å². The number of aromatic amines is 1. The molecule has 4 aromatic heterocycles. The predicted molar refractivity (Wildman–Crippen MR) is 102 cm³/mol. The summed E-state index contributed by atoms with van der Waals surface area (Å²) in [5, 5.41) is 2.67. The summed E-state index contributed by atoms with van der Waals surface area (Å²) in [4.78, 5) is 27.3. The molecular weight excluding hydrogens is 345 g/mol. The molecule has 0 radical (unpaired) electrons. The zero-order valence-electron chi connectivity index (χ0n) is 14.7. The number of H-pyrrole nitrogens is 1. The highest BCUT2D eigenvalue weighted by Gasteiger charge is 2.18. The molecule has 0 atom stereocenters. The van der Waals surface area contributed by atoms with Crippen LogP contribution in [0.2, 0.25) is 0 Å².